The van der Waals surface area contributed by atoms with Crippen molar-refractivity contribution < 1.29 is 9.66 Å². The van der Waals surface area contributed by atoms with Crippen LogP contribution in [0.15, 0.2) is 18.2 Å². The zero-order chi connectivity index (χ0) is 16.7. The summed E-state index contributed by atoms with van der Waals surface area (Å²) in [6, 6.07) is 4.83. The Balaban J connectivity index is 1.97. The fourth-order valence-corrected chi connectivity index (χ4v) is 3.12. The van der Waals surface area contributed by atoms with Crippen LogP contribution in [0, 0.1) is 10.1 Å². The van der Waals surface area contributed by atoms with Crippen LogP contribution in [0.1, 0.15) is 44.9 Å². The summed E-state index contributed by atoms with van der Waals surface area (Å²) in [5, 5.41) is 17.8. The molecule has 6 nitrogen and oxygen atoms in total. The number of nitro benzene ring substituents is 1. The molecule has 126 valence electrons. The smallest absolute Gasteiger partial charge is 0.273 e. The number of thiocarbonyl (C=S) groups is 1. The molecule has 0 saturated heterocycles. The average Bonchev–Trinajstić information content (AvgIpc) is 2.50. The van der Waals surface area contributed by atoms with Crippen LogP contribution in [-0.2, 0) is 0 Å². The monoisotopic (exact) mass is 337 g/mol. The Hall–Kier alpha value is -1.89. The highest BCUT2D eigenvalue weighted by atomic mass is 32.1. The van der Waals surface area contributed by atoms with E-state index in [1.165, 1.54) is 51.3 Å². The van der Waals surface area contributed by atoms with E-state index < -0.39 is 4.92 Å². The fourth-order valence-electron chi connectivity index (χ4n) is 2.84. The zero-order valence-electron chi connectivity index (χ0n) is 13.3. The first-order valence-electron chi connectivity index (χ1n) is 8.00. The van der Waals surface area contributed by atoms with Gasteiger partial charge in [-0.15, -0.1) is 0 Å². The molecule has 0 aromatic heterocycles. The SMILES string of the molecule is COc1cc([N+](=O)[O-])ccc1NC(=S)NC1CCCCCCC1. The largest absolute Gasteiger partial charge is 0.494 e. The molecule has 0 heterocycles. The number of benzene rings is 1. The lowest BCUT2D eigenvalue weighted by Crippen LogP contribution is -2.38. The van der Waals surface area contributed by atoms with Crippen LogP contribution in [-0.4, -0.2) is 23.2 Å². The number of hydrogen-bond acceptors (Lipinski definition) is 4. The van der Waals surface area contributed by atoms with Crippen molar-refractivity contribution >= 4 is 28.7 Å². The number of rotatable bonds is 4. The first-order chi connectivity index (χ1) is 11.1. The molecule has 0 radical (unpaired) electrons. The molecule has 0 bridgehead atoms. The topological polar surface area (TPSA) is 76.4 Å². The molecule has 0 aliphatic heterocycles. The number of nitrogens with zero attached hydrogens (tertiary/aromatic N) is 1. The summed E-state index contributed by atoms with van der Waals surface area (Å²) < 4.78 is 5.21. The first-order valence-corrected chi connectivity index (χ1v) is 8.41. The average molecular weight is 337 g/mol. The summed E-state index contributed by atoms with van der Waals surface area (Å²) in [6.07, 6.45) is 8.60. The third kappa shape index (κ3) is 5.35. The van der Waals surface area contributed by atoms with Crippen molar-refractivity contribution in [2.45, 2.75) is 51.0 Å². The lowest BCUT2D eigenvalue weighted by Gasteiger charge is -2.23. The quantitative estimate of drug-likeness (QED) is 0.491. The van der Waals surface area contributed by atoms with E-state index in [1.54, 1.807) is 6.07 Å². The molecule has 1 saturated carbocycles. The molecule has 1 aromatic carbocycles. The Morgan fingerprint density at radius 3 is 2.52 bits per heavy atom. The minimum atomic E-state index is -0.447. The van der Waals surface area contributed by atoms with Crippen molar-refractivity contribution in [3.05, 3.63) is 28.3 Å². The van der Waals surface area contributed by atoms with Crippen LogP contribution in [0.2, 0.25) is 0 Å². The van der Waals surface area contributed by atoms with Crippen molar-refractivity contribution in [3.8, 4) is 5.75 Å². The highest BCUT2D eigenvalue weighted by Crippen LogP contribution is 2.29. The summed E-state index contributed by atoms with van der Waals surface area (Å²) in [6.45, 7) is 0. The predicted molar refractivity (Wildman–Crippen MR) is 95.1 cm³/mol. The Kier molecular flexibility index (Phi) is 6.58. The Bertz CT molecular complexity index is 558. The molecule has 2 N–H and O–H groups in total. The maximum absolute atomic E-state index is 10.8. The van der Waals surface area contributed by atoms with Gasteiger partial charge in [-0.2, -0.15) is 0 Å². The van der Waals surface area contributed by atoms with Gasteiger partial charge in [0.05, 0.1) is 23.8 Å². The Morgan fingerprint density at radius 2 is 1.91 bits per heavy atom. The number of ether oxygens (including phenoxy) is 1. The molecule has 2 rings (SSSR count). The normalized spacial score (nSPS) is 16.0. The summed E-state index contributed by atoms with van der Waals surface area (Å²) in [4.78, 5) is 10.4. The van der Waals surface area contributed by atoms with E-state index in [0.717, 1.165) is 12.8 Å². The minimum Gasteiger partial charge on any atom is -0.494 e. The van der Waals surface area contributed by atoms with Crippen molar-refractivity contribution in [1.82, 2.24) is 5.32 Å². The zero-order valence-corrected chi connectivity index (χ0v) is 14.2. The highest BCUT2D eigenvalue weighted by Gasteiger charge is 2.15. The van der Waals surface area contributed by atoms with Gasteiger partial charge in [0.2, 0.25) is 0 Å². The van der Waals surface area contributed by atoms with Crippen LogP contribution in [0.5, 0.6) is 5.75 Å². The van der Waals surface area contributed by atoms with E-state index >= 15 is 0 Å². The van der Waals surface area contributed by atoms with Gasteiger partial charge in [0.15, 0.2) is 5.11 Å². The third-order valence-corrected chi connectivity index (χ3v) is 4.30. The second-order valence-corrected chi connectivity index (χ2v) is 6.19. The molecule has 0 atom stereocenters. The van der Waals surface area contributed by atoms with Gasteiger partial charge in [0, 0.05) is 12.1 Å². The van der Waals surface area contributed by atoms with Gasteiger partial charge < -0.3 is 15.4 Å². The second-order valence-electron chi connectivity index (χ2n) is 5.78. The standard InChI is InChI=1S/C16H23N3O3S/c1-22-15-11-13(19(20)21)9-10-14(15)18-16(23)17-12-7-5-3-2-4-6-8-12/h9-12H,2-8H2,1H3,(H2,17,18,23). The number of anilines is 1. The van der Waals surface area contributed by atoms with E-state index in [-0.39, 0.29) is 5.69 Å². The van der Waals surface area contributed by atoms with E-state index in [1.807, 2.05) is 0 Å². The molecule has 1 fully saturated rings. The fraction of sp³-hybridized carbons (Fsp3) is 0.562. The maximum Gasteiger partial charge on any atom is 0.273 e. The first kappa shape index (κ1) is 17.5. The molecular formula is C16H23N3O3S. The molecule has 0 unspecified atom stereocenters. The van der Waals surface area contributed by atoms with Gasteiger partial charge in [-0.1, -0.05) is 32.1 Å². The van der Waals surface area contributed by atoms with Gasteiger partial charge >= 0.3 is 0 Å². The third-order valence-electron chi connectivity index (χ3n) is 4.08. The number of nitro groups is 1. The maximum atomic E-state index is 10.8. The van der Waals surface area contributed by atoms with Gasteiger partial charge in [-0.25, -0.2) is 0 Å². The number of hydrogen-bond donors (Lipinski definition) is 2. The van der Waals surface area contributed by atoms with E-state index in [9.17, 15) is 10.1 Å². The molecule has 1 aliphatic carbocycles. The van der Waals surface area contributed by atoms with Crippen molar-refractivity contribution in [2.24, 2.45) is 0 Å². The van der Waals surface area contributed by atoms with Gasteiger partial charge in [-0.05, 0) is 31.1 Å². The number of methoxy groups -OCH3 is 1. The minimum absolute atomic E-state index is 0.00806. The number of non-ortho nitro benzene ring substituents is 1. The van der Waals surface area contributed by atoms with E-state index in [0.29, 0.717) is 22.6 Å². The predicted octanol–water partition coefficient (Wildman–Crippen LogP) is 4.00. The molecule has 1 aliphatic rings. The Morgan fingerprint density at radius 1 is 1.26 bits per heavy atom. The lowest BCUT2D eigenvalue weighted by atomic mass is 9.97. The lowest BCUT2D eigenvalue weighted by molar-refractivity contribution is -0.384. The summed E-state index contributed by atoms with van der Waals surface area (Å²) >= 11 is 5.38. The Labute approximate surface area is 141 Å². The van der Waals surface area contributed by atoms with Crippen LogP contribution < -0.4 is 15.4 Å². The molecular weight excluding hydrogens is 314 g/mol. The molecule has 0 amide bonds. The molecule has 1 aromatic rings. The van der Waals surface area contributed by atoms with Gasteiger partial charge in [0.1, 0.15) is 5.75 Å². The molecule has 23 heavy (non-hydrogen) atoms. The van der Waals surface area contributed by atoms with Crippen molar-refractivity contribution in [1.29, 1.82) is 0 Å². The van der Waals surface area contributed by atoms with Crippen LogP contribution in [0.25, 0.3) is 0 Å². The molecule has 0 spiro atoms. The second kappa shape index (κ2) is 8.67. The van der Waals surface area contributed by atoms with Crippen molar-refractivity contribution in [2.75, 3.05) is 12.4 Å². The summed E-state index contributed by atoms with van der Waals surface area (Å²) in [5.74, 6) is 0.404. The van der Waals surface area contributed by atoms with Crippen molar-refractivity contribution in [3.63, 3.8) is 0 Å². The highest BCUT2D eigenvalue weighted by molar-refractivity contribution is 7.80. The van der Waals surface area contributed by atoms with E-state index in [4.69, 9.17) is 17.0 Å². The van der Waals surface area contributed by atoms with E-state index in [2.05, 4.69) is 10.6 Å². The van der Waals surface area contributed by atoms with Gasteiger partial charge in [-0.3, -0.25) is 10.1 Å². The van der Waals surface area contributed by atoms with Crippen LogP contribution in [0.4, 0.5) is 11.4 Å². The van der Waals surface area contributed by atoms with Crippen LogP contribution in [0.3, 0.4) is 0 Å². The number of nitrogens with one attached hydrogen (secondary N) is 2. The van der Waals surface area contributed by atoms with Crippen LogP contribution >= 0.6 is 12.2 Å². The summed E-state index contributed by atoms with van der Waals surface area (Å²) in [5.41, 5.74) is 0.618. The summed E-state index contributed by atoms with van der Waals surface area (Å²) in [7, 11) is 1.48. The molecule has 7 heteroatoms. The van der Waals surface area contributed by atoms with Gasteiger partial charge in [0.25, 0.3) is 5.69 Å².